The maximum absolute atomic E-state index is 14.5. The van der Waals surface area contributed by atoms with Crippen LogP contribution in [0.25, 0.3) is 28.4 Å². The van der Waals surface area contributed by atoms with E-state index in [1.165, 1.54) is 55.5 Å². The number of hydrogen-bond acceptors (Lipinski definition) is 23. The van der Waals surface area contributed by atoms with Crippen LogP contribution < -0.4 is 19.6 Å². The summed E-state index contributed by atoms with van der Waals surface area (Å²) in [6.07, 6.45) is -23.9. The molecule has 23 nitrogen and oxygen atoms in total. The minimum atomic E-state index is -2.05. The van der Waals surface area contributed by atoms with Crippen molar-refractivity contribution in [1.29, 1.82) is 0 Å². The van der Waals surface area contributed by atoms with Crippen molar-refractivity contribution >= 4 is 23.0 Å². The number of aliphatic hydroxyl groups excluding tert-OH is 10. The lowest BCUT2D eigenvalue weighted by atomic mass is 9.97. The second-order valence-electron chi connectivity index (χ2n) is 15.4. The van der Waals surface area contributed by atoms with E-state index in [0.717, 1.165) is 18.2 Å². The molecule has 0 aliphatic carbocycles. The second kappa shape index (κ2) is 19.5. The molecular weight excluding hydrogens is 872 g/mol. The third-order valence-corrected chi connectivity index (χ3v) is 10.9. The number of ether oxygens (including phenoxy) is 7. The van der Waals surface area contributed by atoms with Gasteiger partial charge in [-0.1, -0.05) is 6.07 Å². The fourth-order valence-electron chi connectivity index (χ4n) is 7.25. The first-order chi connectivity index (χ1) is 30.9. The van der Waals surface area contributed by atoms with E-state index < -0.39 is 145 Å². The van der Waals surface area contributed by atoms with Gasteiger partial charge < -0.3 is 104 Å². The first-order valence-corrected chi connectivity index (χ1v) is 19.9. The van der Waals surface area contributed by atoms with Crippen molar-refractivity contribution in [2.75, 3.05) is 13.2 Å². The number of esters is 1. The zero-order valence-electron chi connectivity index (χ0n) is 33.8. The summed E-state index contributed by atoms with van der Waals surface area (Å²) < 4.78 is 45.7. The highest BCUT2D eigenvalue weighted by molar-refractivity contribution is 5.90. The Kier molecular flexibility index (Phi) is 14.3. The number of hydrogen-bond donors (Lipinski definition) is 13. The summed E-state index contributed by atoms with van der Waals surface area (Å²) in [5.41, 5.74) is -1.13. The molecule has 3 aromatic carbocycles. The first kappa shape index (κ1) is 47.5. The van der Waals surface area contributed by atoms with Gasteiger partial charge in [0.15, 0.2) is 29.7 Å². The number of carbonyl (C=O) groups is 1. The van der Waals surface area contributed by atoms with Gasteiger partial charge in [-0.15, -0.1) is 0 Å². The highest BCUT2D eigenvalue weighted by atomic mass is 16.8. The van der Waals surface area contributed by atoms with Crippen LogP contribution in [0, 0.1) is 0 Å². The predicted molar refractivity (Wildman–Crippen MR) is 214 cm³/mol. The normalized spacial score (nSPS) is 32.9. The van der Waals surface area contributed by atoms with Crippen molar-refractivity contribution < 1.29 is 109 Å². The Morgan fingerprint density at radius 3 is 1.94 bits per heavy atom. The van der Waals surface area contributed by atoms with Crippen molar-refractivity contribution in [3.63, 3.8) is 0 Å². The molecule has 0 radical (unpaired) electrons. The topological polar surface area (TPSA) is 375 Å². The molecule has 4 heterocycles. The van der Waals surface area contributed by atoms with Crippen molar-refractivity contribution in [3.05, 3.63) is 76.5 Å². The molecular formula is C42H46O23. The van der Waals surface area contributed by atoms with Crippen LogP contribution in [-0.4, -0.2) is 178 Å². The summed E-state index contributed by atoms with van der Waals surface area (Å²) in [5, 5.41) is 134. The molecule has 3 fully saturated rings. The molecule has 0 amide bonds. The Morgan fingerprint density at radius 1 is 0.646 bits per heavy atom. The van der Waals surface area contributed by atoms with Crippen LogP contribution in [0.4, 0.5) is 0 Å². The summed E-state index contributed by atoms with van der Waals surface area (Å²) in [6, 6.07) is 11.1. The molecule has 3 aliphatic heterocycles. The Labute approximate surface area is 365 Å². The SMILES string of the molecule is CC1OC(Oc2cc(O)c3c(=O)c(O[C@@H]4OC(CO)[C@@H](O)[C@H](O)C4O[C@@H]4OC(CO)[C@@H](O)[C@H](O)C4O)c(-c4ccc(OC(=O)/C=C/c5ccc(O)c(O)c5)cc4)oc3c2)C(O)C(O)C1O. The van der Waals surface area contributed by atoms with Gasteiger partial charge in [-0.3, -0.25) is 4.79 Å². The lowest BCUT2D eigenvalue weighted by Gasteiger charge is -2.45. The van der Waals surface area contributed by atoms with Crippen molar-refractivity contribution in [1.82, 2.24) is 0 Å². The van der Waals surface area contributed by atoms with Gasteiger partial charge in [-0.05, 0) is 55.0 Å². The first-order valence-electron chi connectivity index (χ1n) is 19.9. The Hall–Kier alpha value is -5.48. The average molecular weight is 919 g/mol. The van der Waals surface area contributed by atoms with Gasteiger partial charge in [0.1, 0.15) is 89.3 Å². The van der Waals surface area contributed by atoms with E-state index in [1.54, 1.807) is 0 Å². The standard InChI is InChI=1S/C42H46O23/c1-15-28(49)32(53)35(56)40(58-15)60-19-11-22(47)27-23(12-19)61-37(17-4-6-18(7-5-17)59-26(48)9-3-16-2-8-20(45)21(46)10-16)38(31(27)52)64-42-39(34(55)30(51)25(14-44)63-42)65-41-36(57)33(54)29(50)24(13-43)62-41/h2-12,15,24-25,28-30,32-36,39-47,49-51,53-57H,13-14H2,1H3/b9-3+/t15?,24?,25?,28?,29-,30-,32?,33+,34+,35?,36?,39?,40?,41+,42+/m1/s1. The molecule has 65 heavy (non-hydrogen) atoms. The van der Waals surface area contributed by atoms with Crippen LogP contribution >= 0.6 is 0 Å². The van der Waals surface area contributed by atoms with Crippen molar-refractivity contribution in [2.45, 2.75) is 99.0 Å². The number of fused-ring (bicyclic) bond motifs is 1. The summed E-state index contributed by atoms with van der Waals surface area (Å²) in [5.74, 6) is -3.94. The third kappa shape index (κ3) is 9.74. The van der Waals surface area contributed by atoms with E-state index in [0.29, 0.717) is 5.56 Å². The molecule has 4 aromatic rings. The number of phenols is 3. The summed E-state index contributed by atoms with van der Waals surface area (Å²) in [6.45, 7) is -0.375. The Balaban J connectivity index is 1.26. The van der Waals surface area contributed by atoms with Crippen LogP contribution in [-0.2, 0) is 23.7 Å². The smallest absolute Gasteiger partial charge is 0.336 e. The van der Waals surface area contributed by atoms with Crippen molar-refractivity contribution in [3.8, 4) is 45.8 Å². The molecule has 0 bridgehead atoms. The fraction of sp³-hybridized carbons (Fsp3) is 0.429. The number of aromatic hydroxyl groups is 3. The Morgan fingerprint density at radius 2 is 1.28 bits per heavy atom. The minimum absolute atomic E-state index is 0.0122. The van der Waals surface area contributed by atoms with E-state index in [-0.39, 0.29) is 28.4 Å². The zero-order valence-corrected chi connectivity index (χ0v) is 33.8. The monoisotopic (exact) mass is 918 g/mol. The van der Waals surface area contributed by atoms with Crippen LogP contribution in [0.2, 0.25) is 0 Å². The van der Waals surface area contributed by atoms with E-state index in [4.69, 9.17) is 37.6 Å². The molecule has 0 saturated carbocycles. The molecule has 9 unspecified atom stereocenters. The van der Waals surface area contributed by atoms with Gasteiger partial charge in [0.05, 0.1) is 19.3 Å². The Bertz CT molecular complexity index is 2400. The number of carbonyl (C=O) groups excluding carboxylic acids is 1. The fourth-order valence-corrected chi connectivity index (χ4v) is 7.25. The minimum Gasteiger partial charge on any atom is -0.507 e. The molecule has 13 N–H and O–H groups in total. The molecule has 3 aliphatic rings. The molecule has 1 aromatic heterocycles. The van der Waals surface area contributed by atoms with Crippen molar-refractivity contribution in [2.24, 2.45) is 0 Å². The zero-order chi connectivity index (χ0) is 47.0. The largest absolute Gasteiger partial charge is 0.507 e. The lowest BCUT2D eigenvalue weighted by molar-refractivity contribution is -0.358. The van der Waals surface area contributed by atoms with Gasteiger partial charge >= 0.3 is 5.97 Å². The molecule has 7 rings (SSSR count). The van der Waals surface area contributed by atoms with Gasteiger partial charge in [0.2, 0.25) is 23.8 Å². The summed E-state index contributed by atoms with van der Waals surface area (Å²) in [7, 11) is 0. The summed E-state index contributed by atoms with van der Waals surface area (Å²) >= 11 is 0. The van der Waals surface area contributed by atoms with Crippen LogP contribution in [0.15, 0.2) is 69.9 Å². The number of benzene rings is 3. The average Bonchev–Trinajstić information content (AvgIpc) is 3.28. The van der Waals surface area contributed by atoms with Crippen LogP contribution in [0.1, 0.15) is 12.5 Å². The third-order valence-electron chi connectivity index (χ3n) is 10.9. The highest BCUT2D eigenvalue weighted by Crippen LogP contribution is 2.39. The second-order valence-corrected chi connectivity index (χ2v) is 15.4. The van der Waals surface area contributed by atoms with E-state index >= 15 is 0 Å². The number of rotatable bonds is 12. The molecule has 352 valence electrons. The predicted octanol–water partition coefficient (Wildman–Crippen LogP) is -2.60. The quantitative estimate of drug-likeness (QED) is 0.0300. The van der Waals surface area contributed by atoms with Crippen LogP contribution in [0.5, 0.6) is 34.5 Å². The number of phenolic OH excluding ortho intramolecular Hbond substituents is 3. The maximum atomic E-state index is 14.5. The number of aliphatic hydroxyl groups is 10. The van der Waals surface area contributed by atoms with Gasteiger partial charge in [-0.25, -0.2) is 4.79 Å². The van der Waals surface area contributed by atoms with E-state index in [2.05, 4.69) is 0 Å². The molecule has 3 saturated heterocycles. The van der Waals surface area contributed by atoms with Gasteiger partial charge in [0.25, 0.3) is 0 Å². The molecule has 15 atom stereocenters. The highest BCUT2D eigenvalue weighted by Gasteiger charge is 2.52. The van der Waals surface area contributed by atoms with Gasteiger partial charge in [0, 0.05) is 23.8 Å². The lowest BCUT2D eigenvalue weighted by Crippen LogP contribution is -2.65. The maximum Gasteiger partial charge on any atom is 0.336 e. The summed E-state index contributed by atoms with van der Waals surface area (Å²) in [4.78, 5) is 27.2. The van der Waals surface area contributed by atoms with E-state index in [1.807, 2.05) is 0 Å². The van der Waals surface area contributed by atoms with Crippen LogP contribution in [0.3, 0.4) is 0 Å². The molecule has 0 spiro atoms. The van der Waals surface area contributed by atoms with E-state index in [9.17, 15) is 76.0 Å². The van der Waals surface area contributed by atoms with Gasteiger partial charge in [-0.2, -0.15) is 0 Å². The molecule has 23 heteroatoms.